The maximum Gasteiger partial charge on any atom is 0.260 e. The smallest absolute Gasteiger partial charge is 0.260 e. The van der Waals surface area contributed by atoms with Crippen molar-refractivity contribution < 1.29 is 19.1 Å². The van der Waals surface area contributed by atoms with Crippen molar-refractivity contribution in [1.82, 2.24) is 10.2 Å². The van der Waals surface area contributed by atoms with Crippen LogP contribution >= 0.6 is 0 Å². The van der Waals surface area contributed by atoms with E-state index in [-0.39, 0.29) is 17.2 Å². The summed E-state index contributed by atoms with van der Waals surface area (Å²) in [6, 6.07) is 15.9. The van der Waals surface area contributed by atoms with Gasteiger partial charge in [0.2, 0.25) is 5.91 Å². The van der Waals surface area contributed by atoms with Crippen molar-refractivity contribution in [3.05, 3.63) is 54.1 Å². The summed E-state index contributed by atoms with van der Waals surface area (Å²) in [6.45, 7) is 4.56. The van der Waals surface area contributed by atoms with Crippen molar-refractivity contribution in [3.8, 4) is 11.5 Å². The standard InChI is InChI=1S/C30H41N3O4/c1-23-29(35)31-22-30(16-9-8-11-24-10-4-6-13-26(24)37-23)17-20-33(21-18-30)28(34)15-19-32(2)25-12-5-7-14-27(25)36-3/h4-7,10,12-14,23H,8-9,11,15-22H2,1-3H3,(H,31,35)/t23-/m1/s1. The second-order valence-corrected chi connectivity index (χ2v) is 10.5. The molecule has 2 aromatic rings. The fourth-order valence-electron chi connectivity index (χ4n) is 5.54. The summed E-state index contributed by atoms with van der Waals surface area (Å²) in [6.07, 6.45) is 5.93. The molecule has 0 aliphatic carbocycles. The first-order chi connectivity index (χ1) is 17.9. The number of fused-ring (bicyclic) bond motifs is 1. The van der Waals surface area contributed by atoms with E-state index in [1.165, 1.54) is 0 Å². The minimum Gasteiger partial charge on any atom is -0.495 e. The number of anilines is 1. The number of hydrogen-bond acceptors (Lipinski definition) is 5. The van der Waals surface area contributed by atoms with Crippen LogP contribution in [0.4, 0.5) is 5.69 Å². The van der Waals surface area contributed by atoms with Gasteiger partial charge < -0.3 is 24.6 Å². The average molecular weight is 508 g/mol. The van der Waals surface area contributed by atoms with Gasteiger partial charge in [0.05, 0.1) is 12.8 Å². The van der Waals surface area contributed by atoms with Crippen LogP contribution < -0.4 is 19.7 Å². The highest BCUT2D eigenvalue weighted by atomic mass is 16.5. The number of ether oxygens (including phenoxy) is 2. The van der Waals surface area contributed by atoms with E-state index in [2.05, 4.69) is 16.3 Å². The van der Waals surface area contributed by atoms with E-state index >= 15 is 0 Å². The van der Waals surface area contributed by atoms with Crippen molar-refractivity contribution >= 4 is 17.5 Å². The zero-order valence-electron chi connectivity index (χ0n) is 22.5. The van der Waals surface area contributed by atoms with E-state index in [0.717, 1.165) is 74.4 Å². The van der Waals surface area contributed by atoms with Gasteiger partial charge in [-0.25, -0.2) is 0 Å². The van der Waals surface area contributed by atoms with Crippen LogP contribution in [0.5, 0.6) is 11.5 Å². The summed E-state index contributed by atoms with van der Waals surface area (Å²) in [5.74, 6) is 1.73. The summed E-state index contributed by atoms with van der Waals surface area (Å²) in [5, 5.41) is 3.17. The molecule has 1 fully saturated rings. The number of methoxy groups -OCH3 is 1. The number of carbonyl (C=O) groups excluding carboxylic acids is 2. The number of para-hydroxylation sites is 3. The van der Waals surface area contributed by atoms with Crippen molar-refractivity contribution in [2.45, 2.75) is 58.0 Å². The number of nitrogens with one attached hydrogen (secondary N) is 1. The maximum absolute atomic E-state index is 13.1. The SMILES string of the molecule is COc1ccccc1N(C)CCC(=O)N1CCC2(CCCCc3ccccc3O[C@H](C)C(=O)NC2)CC1. The van der Waals surface area contributed by atoms with Gasteiger partial charge in [-0.05, 0) is 68.2 Å². The van der Waals surface area contributed by atoms with Crippen LogP contribution in [-0.4, -0.2) is 63.2 Å². The number of likely N-dealkylation sites (tertiary alicyclic amines) is 1. The largest absolute Gasteiger partial charge is 0.495 e. The van der Waals surface area contributed by atoms with E-state index in [1.54, 1.807) is 7.11 Å². The van der Waals surface area contributed by atoms with Gasteiger partial charge in [0.1, 0.15) is 11.5 Å². The Labute approximate surface area is 221 Å². The van der Waals surface area contributed by atoms with Gasteiger partial charge >= 0.3 is 0 Å². The molecule has 2 amide bonds. The van der Waals surface area contributed by atoms with Crippen LogP contribution in [0.25, 0.3) is 0 Å². The van der Waals surface area contributed by atoms with Crippen molar-refractivity contribution in [1.29, 1.82) is 0 Å². The molecule has 2 aromatic carbocycles. The molecular weight excluding hydrogens is 466 g/mol. The van der Waals surface area contributed by atoms with E-state index in [1.807, 2.05) is 61.3 Å². The van der Waals surface area contributed by atoms with Crippen molar-refractivity contribution in [2.75, 3.05) is 45.2 Å². The van der Waals surface area contributed by atoms with Crippen LogP contribution in [0.1, 0.15) is 51.0 Å². The number of rotatable bonds is 5. The average Bonchev–Trinajstić information content (AvgIpc) is 2.93. The monoisotopic (exact) mass is 507 g/mol. The first kappa shape index (κ1) is 26.8. The molecule has 0 radical (unpaired) electrons. The lowest BCUT2D eigenvalue weighted by atomic mass is 9.74. The van der Waals surface area contributed by atoms with Crippen molar-refractivity contribution in [2.24, 2.45) is 5.41 Å². The van der Waals surface area contributed by atoms with Crippen LogP contribution in [0.3, 0.4) is 0 Å². The zero-order chi connectivity index (χ0) is 26.3. The molecule has 0 bridgehead atoms. The van der Waals surface area contributed by atoms with Crippen LogP contribution in [0, 0.1) is 5.41 Å². The fourth-order valence-corrected chi connectivity index (χ4v) is 5.54. The zero-order valence-corrected chi connectivity index (χ0v) is 22.5. The molecule has 0 aromatic heterocycles. The molecule has 1 saturated heterocycles. The van der Waals surface area contributed by atoms with E-state index in [4.69, 9.17) is 9.47 Å². The molecule has 37 heavy (non-hydrogen) atoms. The van der Waals surface area contributed by atoms with Gasteiger partial charge in [-0.2, -0.15) is 0 Å². The van der Waals surface area contributed by atoms with Gasteiger partial charge in [-0.3, -0.25) is 9.59 Å². The summed E-state index contributed by atoms with van der Waals surface area (Å²) < 4.78 is 11.5. The second-order valence-electron chi connectivity index (χ2n) is 10.5. The van der Waals surface area contributed by atoms with Crippen molar-refractivity contribution in [3.63, 3.8) is 0 Å². The molecule has 4 rings (SSSR count). The lowest BCUT2D eigenvalue weighted by Gasteiger charge is -2.42. The number of amides is 2. The minimum atomic E-state index is -0.542. The summed E-state index contributed by atoms with van der Waals surface area (Å²) in [4.78, 5) is 30.0. The number of aryl methyl sites for hydroxylation is 1. The van der Waals surface area contributed by atoms with Gasteiger partial charge in [-0.1, -0.05) is 36.8 Å². The number of hydrogen-bond donors (Lipinski definition) is 1. The summed E-state index contributed by atoms with van der Waals surface area (Å²) in [7, 11) is 3.66. The van der Waals surface area contributed by atoms with E-state index in [0.29, 0.717) is 19.5 Å². The van der Waals surface area contributed by atoms with Gasteiger partial charge in [-0.15, -0.1) is 0 Å². The first-order valence-electron chi connectivity index (χ1n) is 13.5. The Morgan fingerprint density at radius 1 is 1.11 bits per heavy atom. The highest BCUT2D eigenvalue weighted by Gasteiger charge is 2.36. The lowest BCUT2D eigenvalue weighted by Crippen LogP contribution is -2.49. The third-order valence-corrected chi connectivity index (χ3v) is 8.02. The van der Waals surface area contributed by atoms with Crippen LogP contribution in [0.15, 0.2) is 48.5 Å². The Balaban J connectivity index is 1.33. The predicted octanol–water partition coefficient (Wildman–Crippen LogP) is 4.44. The minimum absolute atomic E-state index is 0.0269. The fraction of sp³-hybridized carbons (Fsp3) is 0.533. The van der Waals surface area contributed by atoms with Crippen LogP contribution in [-0.2, 0) is 16.0 Å². The Morgan fingerprint density at radius 2 is 1.84 bits per heavy atom. The predicted molar refractivity (Wildman–Crippen MR) is 146 cm³/mol. The Hall–Kier alpha value is -3.22. The molecule has 2 aliphatic heterocycles. The van der Waals surface area contributed by atoms with Gasteiger partial charge in [0.15, 0.2) is 6.10 Å². The molecule has 1 atom stereocenters. The van der Waals surface area contributed by atoms with Crippen LogP contribution in [0.2, 0.25) is 0 Å². The number of carbonyl (C=O) groups is 2. The molecule has 7 nitrogen and oxygen atoms in total. The van der Waals surface area contributed by atoms with Gasteiger partial charge in [0.25, 0.3) is 5.91 Å². The quantitative estimate of drug-likeness (QED) is 0.648. The van der Waals surface area contributed by atoms with Gasteiger partial charge in [0, 0.05) is 39.6 Å². The third kappa shape index (κ3) is 6.76. The van der Waals surface area contributed by atoms with E-state index < -0.39 is 6.10 Å². The van der Waals surface area contributed by atoms with E-state index in [9.17, 15) is 9.59 Å². The molecule has 1 N–H and O–H groups in total. The molecule has 200 valence electrons. The molecule has 1 spiro atoms. The first-order valence-corrected chi connectivity index (χ1v) is 13.5. The lowest BCUT2D eigenvalue weighted by molar-refractivity contribution is -0.134. The highest BCUT2D eigenvalue weighted by Crippen LogP contribution is 2.37. The Bertz CT molecular complexity index is 1060. The number of piperidine rings is 1. The Kier molecular flexibility index (Phi) is 8.95. The normalized spacial score (nSPS) is 20.0. The summed E-state index contributed by atoms with van der Waals surface area (Å²) in [5.41, 5.74) is 2.18. The molecule has 7 heteroatoms. The molecular formula is C30H41N3O4. The molecule has 2 aliphatic rings. The second kappa shape index (κ2) is 12.3. The summed E-state index contributed by atoms with van der Waals surface area (Å²) >= 11 is 0. The highest BCUT2D eigenvalue weighted by molar-refractivity contribution is 5.81. The number of nitrogens with zero attached hydrogens (tertiary/aromatic N) is 2. The topological polar surface area (TPSA) is 71.1 Å². The maximum atomic E-state index is 13.1. The number of benzene rings is 2. The third-order valence-electron chi connectivity index (χ3n) is 8.02. The molecule has 2 heterocycles. The Morgan fingerprint density at radius 3 is 2.62 bits per heavy atom. The molecule has 0 unspecified atom stereocenters. The molecule has 0 saturated carbocycles.